The lowest BCUT2D eigenvalue weighted by Crippen LogP contribution is -1.97. The highest BCUT2D eigenvalue weighted by Gasteiger charge is 2.04. The predicted octanol–water partition coefficient (Wildman–Crippen LogP) is 2.35. The van der Waals surface area contributed by atoms with Crippen molar-refractivity contribution in [2.75, 3.05) is 5.73 Å². The molecule has 78 valence electrons. The number of hydrogen-bond donors (Lipinski definition) is 1. The van der Waals surface area contributed by atoms with Gasteiger partial charge < -0.3 is 10.5 Å². The highest BCUT2D eigenvalue weighted by molar-refractivity contribution is 7.05. The first-order valence-corrected chi connectivity index (χ1v) is 5.36. The SMILES string of the molecule is Nc1nnsc1COc1cccc(Cl)c1. The first kappa shape index (κ1) is 10.2. The van der Waals surface area contributed by atoms with Gasteiger partial charge in [0, 0.05) is 5.02 Å². The number of aromatic nitrogens is 2. The Bertz CT molecular complexity index is 460. The summed E-state index contributed by atoms with van der Waals surface area (Å²) in [5.74, 6) is 1.12. The van der Waals surface area contributed by atoms with Gasteiger partial charge in [-0.15, -0.1) is 5.10 Å². The van der Waals surface area contributed by atoms with Crippen molar-refractivity contribution >= 4 is 29.0 Å². The number of halogens is 1. The second kappa shape index (κ2) is 4.46. The number of nitrogen functional groups attached to an aromatic ring is 1. The molecule has 1 aromatic carbocycles. The van der Waals surface area contributed by atoms with Crippen LogP contribution in [0.3, 0.4) is 0 Å². The smallest absolute Gasteiger partial charge is 0.165 e. The van der Waals surface area contributed by atoms with E-state index in [1.807, 2.05) is 12.1 Å². The predicted molar refractivity (Wildman–Crippen MR) is 60.1 cm³/mol. The normalized spacial score (nSPS) is 10.2. The third-order valence-electron chi connectivity index (χ3n) is 1.75. The van der Waals surface area contributed by atoms with Crippen LogP contribution in [0.4, 0.5) is 5.82 Å². The Hall–Kier alpha value is -1.33. The molecule has 0 unspecified atom stereocenters. The molecule has 6 heteroatoms. The van der Waals surface area contributed by atoms with Gasteiger partial charge in [-0.05, 0) is 29.7 Å². The molecule has 0 bridgehead atoms. The maximum atomic E-state index is 5.81. The number of nitrogens with zero attached hydrogens (tertiary/aromatic N) is 2. The van der Waals surface area contributed by atoms with Gasteiger partial charge in [0.25, 0.3) is 0 Å². The highest BCUT2D eigenvalue weighted by atomic mass is 35.5. The minimum Gasteiger partial charge on any atom is -0.488 e. The third kappa shape index (κ3) is 2.57. The monoisotopic (exact) mass is 241 g/mol. The van der Waals surface area contributed by atoms with Crippen molar-refractivity contribution in [3.8, 4) is 5.75 Å². The van der Waals surface area contributed by atoms with E-state index in [1.165, 1.54) is 11.5 Å². The molecule has 4 nitrogen and oxygen atoms in total. The Labute approximate surface area is 95.8 Å². The van der Waals surface area contributed by atoms with Crippen LogP contribution in [0, 0.1) is 0 Å². The number of nitrogens with two attached hydrogens (primary N) is 1. The second-order valence-corrected chi connectivity index (χ2v) is 4.10. The molecule has 2 N–H and O–H groups in total. The zero-order valence-corrected chi connectivity index (χ0v) is 9.26. The molecule has 0 saturated heterocycles. The summed E-state index contributed by atoms with van der Waals surface area (Å²) in [6.45, 7) is 0.365. The molecule has 0 fully saturated rings. The van der Waals surface area contributed by atoms with Crippen molar-refractivity contribution in [2.45, 2.75) is 6.61 Å². The number of rotatable bonds is 3. The molecule has 0 atom stereocenters. The van der Waals surface area contributed by atoms with E-state index in [0.717, 1.165) is 4.88 Å². The highest BCUT2D eigenvalue weighted by Crippen LogP contribution is 2.20. The summed E-state index contributed by atoms with van der Waals surface area (Å²) in [6.07, 6.45) is 0. The molecule has 2 aromatic rings. The topological polar surface area (TPSA) is 61.0 Å². The molecule has 0 saturated carbocycles. The minimum absolute atomic E-state index is 0.365. The van der Waals surface area contributed by atoms with E-state index < -0.39 is 0 Å². The van der Waals surface area contributed by atoms with Crippen molar-refractivity contribution in [3.05, 3.63) is 34.2 Å². The van der Waals surface area contributed by atoms with Crippen LogP contribution in [0.5, 0.6) is 5.75 Å². The number of anilines is 1. The van der Waals surface area contributed by atoms with Crippen LogP contribution in [0.25, 0.3) is 0 Å². The van der Waals surface area contributed by atoms with E-state index in [2.05, 4.69) is 9.59 Å². The van der Waals surface area contributed by atoms with Gasteiger partial charge >= 0.3 is 0 Å². The summed E-state index contributed by atoms with van der Waals surface area (Å²) in [4.78, 5) is 0.815. The summed E-state index contributed by atoms with van der Waals surface area (Å²) in [7, 11) is 0. The maximum Gasteiger partial charge on any atom is 0.165 e. The van der Waals surface area contributed by atoms with E-state index in [0.29, 0.717) is 23.2 Å². The fraction of sp³-hybridized carbons (Fsp3) is 0.111. The number of benzene rings is 1. The summed E-state index contributed by atoms with van der Waals surface area (Å²) in [5.41, 5.74) is 5.57. The van der Waals surface area contributed by atoms with E-state index in [9.17, 15) is 0 Å². The number of hydrogen-bond acceptors (Lipinski definition) is 5. The second-order valence-electron chi connectivity index (χ2n) is 2.83. The van der Waals surface area contributed by atoms with E-state index >= 15 is 0 Å². The van der Waals surface area contributed by atoms with Crippen LogP contribution in [-0.4, -0.2) is 9.59 Å². The summed E-state index contributed by atoms with van der Waals surface area (Å²) in [6, 6.07) is 7.19. The lowest BCUT2D eigenvalue weighted by atomic mass is 10.3. The lowest BCUT2D eigenvalue weighted by Gasteiger charge is -2.04. The number of ether oxygens (including phenoxy) is 1. The molecule has 0 aliphatic carbocycles. The molecule has 1 aromatic heterocycles. The average Bonchev–Trinajstić information content (AvgIpc) is 2.61. The molecule has 0 spiro atoms. The third-order valence-corrected chi connectivity index (χ3v) is 2.70. The molecule has 0 aliphatic rings. The van der Waals surface area contributed by atoms with E-state index in [-0.39, 0.29) is 0 Å². The average molecular weight is 242 g/mol. The first-order chi connectivity index (χ1) is 7.25. The van der Waals surface area contributed by atoms with Crippen molar-refractivity contribution in [1.29, 1.82) is 0 Å². The van der Waals surface area contributed by atoms with Crippen molar-refractivity contribution < 1.29 is 4.74 Å². The molecule has 0 radical (unpaired) electrons. The zero-order chi connectivity index (χ0) is 10.7. The summed E-state index contributed by atoms with van der Waals surface area (Å²) < 4.78 is 9.19. The fourth-order valence-corrected chi connectivity index (χ4v) is 1.68. The summed E-state index contributed by atoms with van der Waals surface area (Å²) >= 11 is 7.04. The Morgan fingerprint density at radius 3 is 3.00 bits per heavy atom. The molecule has 0 aliphatic heterocycles. The molecule has 2 rings (SSSR count). The Kier molecular flexibility index (Phi) is 3.03. The molecule has 0 amide bonds. The largest absolute Gasteiger partial charge is 0.488 e. The van der Waals surface area contributed by atoms with Gasteiger partial charge in [-0.3, -0.25) is 0 Å². The first-order valence-electron chi connectivity index (χ1n) is 4.21. The molecule has 15 heavy (non-hydrogen) atoms. The Morgan fingerprint density at radius 2 is 2.33 bits per heavy atom. The van der Waals surface area contributed by atoms with Gasteiger partial charge in [0.1, 0.15) is 17.2 Å². The van der Waals surface area contributed by atoms with Crippen molar-refractivity contribution in [3.63, 3.8) is 0 Å². The van der Waals surface area contributed by atoms with Gasteiger partial charge in [-0.2, -0.15) is 0 Å². The van der Waals surface area contributed by atoms with Gasteiger partial charge in [0.05, 0.1) is 0 Å². The van der Waals surface area contributed by atoms with Gasteiger partial charge in [-0.25, -0.2) is 0 Å². The maximum absolute atomic E-state index is 5.81. The van der Waals surface area contributed by atoms with Crippen molar-refractivity contribution in [2.24, 2.45) is 0 Å². The standard InChI is InChI=1S/C9H8ClN3OS/c10-6-2-1-3-7(4-6)14-5-8-9(11)12-13-15-8/h1-4H,5,11H2. The lowest BCUT2D eigenvalue weighted by molar-refractivity contribution is 0.310. The fourth-order valence-electron chi connectivity index (χ4n) is 1.02. The van der Waals surface area contributed by atoms with Gasteiger partial charge in [-0.1, -0.05) is 22.2 Å². The summed E-state index contributed by atoms with van der Waals surface area (Å²) in [5, 5.41) is 4.33. The molecule has 1 heterocycles. The van der Waals surface area contributed by atoms with Crippen LogP contribution in [-0.2, 0) is 6.61 Å². The van der Waals surface area contributed by atoms with Crippen LogP contribution in [0.1, 0.15) is 4.88 Å². The quantitative estimate of drug-likeness (QED) is 0.896. The van der Waals surface area contributed by atoms with Gasteiger partial charge in [0.2, 0.25) is 0 Å². The van der Waals surface area contributed by atoms with Crippen molar-refractivity contribution in [1.82, 2.24) is 9.59 Å². The van der Waals surface area contributed by atoms with E-state index in [1.54, 1.807) is 12.1 Å². The Balaban J connectivity index is 2.02. The van der Waals surface area contributed by atoms with Crippen LogP contribution in [0.15, 0.2) is 24.3 Å². The molecular formula is C9H8ClN3OS. The van der Waals surface area contributed by atoms with Crippen LogP contribution < -0.4 is 10.5 Å². The zero-order valence-electron chi connectivity index (χ0n) is 7.68. The van der Waals surface area contributed by atoms with E-state index in [4.69, 9.17) is 22.1 Å². The van der Waals surface area contributed by atoms with Crippen LogP contribution >= 0.6 is 23.1 Å². The van der Waals surface area contributed by atoms with Crippen LogP contribution in [0.2, 0.25) is 5.02 Å². The minimum atomic E-state index is 0.365. The van der Waals surface area contributed by atoms with Gasteiger partial charge in [0.15, 0.2) is 5.82 Å². The molecular weight excluding hydrogens is 234 g/mol. The Morgan fingerprint density at radius 1 is 1.47 bits per heavy atom.